The lowest BCUT2D eigenvalue weighted by molar-refractivity contribution is -0.132. The second kappa shape index (κ2) is 3.26. The number of carboxylic acids is 1. The summed E-state index contributed by atoms with van der Waals surface area (Å²) in [6, 6.07) is 3.47. The predicted octanol–water partition coefficient (Wildman–Crippen LogP) is 2.16. The number of hydrogen-bond acceptors (Lipinski definition) is 2. The van der Waals surface area contributed by atoms with Gasteiger partial charge in [0.25, 0.3) is 0 Å². The molecule has 0 aliphatic carbocycles. The van der Waals surface area contributed by atoms with Gasteiger partial charge in [-0.15, -0.1) is 0 Å². The number of carbonyl (C=O) groups is 1. The highest BCUT2D eigenvalue weighted by molar-refractivity contribution is 5.94. The van der Waals surface area contributed by atoms with Crippen molar-refractivity contribution in [3.8, 4) is 0 Å². The molecular weight excluding hydrogens is 156 g/mol. The summed E-state index contributed by atoms with van der Waals surface area (Å²) in [5.41, 5.74) is 0.970. The van der Waals surface area contributed by atoms with Crippen LogP contribution in [0.4, 0.5) is 0 Å². The first-order chi connectivity index (χ1) is 5.63. The van der Waals surface area contributed by atoms with Crippen molar-refractivity contribution < 1.29 is 14.3 Å². The molecule has 3 heteroatoms. The van der Waals surface area contributed by atoms with Gasteiger partial charge < -0.3 is 9.52 Å². The summed E-state index contributed by atoms with van der Waals surface area (Å²) in [5.74, 6) is -0.307. The van der Waals surface area contributed by atoms with Gasteiger partial charge in [0.15, 0.2) is 0 Å². The Labute approximate surface area is 70.3 Å². The molecule has 0 saturated carbocycles. The molecule has 0 bridgehead atoms. The van der Waals surface area contributed by atoms with E-state index in [0.29, 0.717) is 16.9 Å². The van der Waals surface area contributed by atoms with Crippen molar-refractivity contribution in [2.45, 2.75) is 13.8 Å². The highest BCUT2D eigenvalue weighted by atomic mass is 16.4. The number of aliphatic carboxylic acids is 1. The highest BCUT2D eigenvalue weighted by Crippen LogP contribution is 2.17. The van der Waals surface area contributed by atoms with E-state index < -0.39 is 5.97 Å². The molecule has 0 spiro atoms. The molecule has 0 saturated heterocycles. The Morgan fingerprint density at radius 3 is 2.58 bits per heavy atom. The molecule has 64 valence electrons. The Morgan fingerprint density at radius 1 is 1.50 bits per heavy atom. The van der Waals surface area contributed by atoms with Crippen molar-refractivity contribution in [2.75, 3.05) is 0 Å². The second-order valence-corrected chi connectivity index (χ2v) is 2.53. The summed E-state index contributed by atoms with van der Waals surface area (Å²) in [7, 11) is 0. The van der Waals surface area contributed by atoms with Gasteiger partial charge in [0, 0.05) is 11.1 Å². The van der Waals surface area contributed by atoms with Gasteiger partial charge in [0.2, 0.25) is 0 Å². The molecule has 1 N–H and O–H groups in total. The molecule has 1 aromatic heterocycles. The fraction of sp³-hybridized carbons (Fsp3) is 0.222. The number of allylic oxidation sites excluding steroid dienone is 1. The molecule has 0 aliphatic rings. The standard InChI is InChI=1S/C9H10O3/c1-6(7(2)9(10)11)8-4-3-5-12-8/h3-5H,1-2H3,(H,10,11)/b7-6+. The molecule has 0 fully saturated rings. The first-order valence-electron chi connectivity index (χ1n) is 3.57. The minimum atomic E-state index is -0.913. The van der Waals surface area contributed by atoms with Crippen LogP contribution in [0.3, 0.4) is 0 Å². The lowest BCUT2D eigenvalue weighted by Gasteiger charge is -1.98. The van der Waals surface area contributed by atoms with Crippen molar-refractivity contribution in [1.29, 1.82) is 0 Å². The Kier molecular flexibility index (Phi) is 2.33. The van der Waals surface area contributed by atoms with E-state index in [9.17, 15) is 4.79 Å². The van der Waals surface area contributed by atoms with Crippen molar-refractivity contribution >= 4 is 11.5 Å². The molecule has 0 aromatic carbocycles. The Balaban J connectivity index is 3.05. The van der Waals surface area contributed by atoms with Crippen LogP contribution in [0, 0.1) is 0 Å². The minimum Gasteiger partial charge on any atom is -0.478 e. The monoisotopic (exact) mass is 166 g/mol. The van der Waals surface area contributed by atoms with Crippen LogP contribution in [-0.4, -0.2) is 11.1 Å². The van der Waals surface area contributed by atoms with E-state index in [1.54, 1.807) is 26.0 Å². The molecule has 12 heavy (non-hydrogen) atoms. The minimum absolute atomic E-state index is 0.310. The molecule has 0 radical (unpaired) electrons. The van der Waals surface area contributed by atoms with Crippen molar-refractivity contribution in [2.24, 2.45) is 0 Å². The average Bonchev–Trinajstić information content (AvgIpc) is 2.53. The summed E-state index contributed by atoms with van der Waals surface area (Å²) in [6.45, 7) is 3.28. The smallest absolute Gasteiger partial charge is 0.331 e. The van der Waals surface area contributed by atoms with Gasteiger partial charge in [-0.2, -0.15) is 0 Å². The molecular formula is C9H10O3. The van der Waals surface area contributed by atoms with Gasteiger partial charge >= 0.3 is 5.97 Å². The maximum absolute atomic E-state index is 10.5. The van der Waals surface area contributed by atoms with Crippen LogP contribution in [0.25, 0.3) is 5.57 Å². The lowest BCUT2D eigenvalue weighted by Crippen LogP contribution is -1.98. The van der Waals surface area contributed by atoms with Crippen molar-refractivity contribution in [3.63, 3.8) is 0 Å². The van der Waals surface area contributed by atoms with E-state index in [-0.39, 0.29) is 0 Å². The zero-order chi connectivity index (χ0) is 9.14. The van der Waals surface area contributed by atoms with E-state index in [1.807, 2.05) is 0 Å². The third-order valence-electron chi connectivity index (χ3n) is 1.77. The van der Waals surface area contributed by atoms with Crippen LogP contribution in [0.15, 0.2) is 28.4 Å². The average molecular weight is 166 g/mol. The Bertz CT molecular complexity index is 307. The lowest BCUT2D eigenvalue weighted by atomic mass is 10.1. The van der Waals surface area contributed by atoms with Crippen LogP contribution in [0.2, 0.25) is 0 Å². The van der Waals surface area contributed by atoms with Crippen LogP contribution in [-0.2, 0) is 4.79 Å². The van der Waals surface area contributed by atoms with Gasteiger partial charge in [-0.05, 0) is 26.0 Å². The van der Waals surface area contributed by atoms with E-state index >= 15 is 0 Å². The van der Waals surface area contributed by atoms with Gasteiger partial charge in [-0.3, -0.25) is 0 Å². The molecule has 0 unspecified atom stereocenters. The molecule has 0 atom stereocenters. The van der Waals surface area contributed by atoms with Gasteiger partial charge in [0.05, 0.1) is 6.26 Å². The molecule has 0 amide bonds. The molecule has 3 nitrogen and oxygen atoms in total. The Hall–Kier alpha value is -1.51. The number of carboxylic acid groups (broad SMARTS) is 1. The molecule has 1 aromatic rings. The third-order valence-corrected chi connectivity index (χ3v) is 1.77. The van der Waals surface area contributed by atoms with E-state index in [4.69, 9.17) is 9.52 Å². The maximum Gasteiger partial charge on any atom is 0.331 e. The first kappa shape index (κ1) is 8.59. The molecule has 1 rings (SSSR count). The first-order valence-corrected chi connectivity index (χ1v) is 3.57. The van der Waals surface area contributed by atoms with Crippen LogP contribution >= 0.6 is 0 Å². The number of rotatable bonds is 2. The number of furan rings is 1. The van der Waals surface area contributed by atoms with E-state index in [1.165, 1.54) is 6.26 Å². The van der Waals surface area contributed by atoms with Crippen molar-refractivity contribution in [3.05, 3.63) is 29.7 Å². The van der Waals surface area contributed by atoms with Gasteiger partial charge in [-0.1, -0.05) is 0 Å². The summed E-state index contributed by atoms with van der Waals surface area (Å²) in [6.07, 6.45) is 1.52. The number of hydrogen-bond donors (Lipinski definition) is 1. The zero-order valence-corrected chi connectivity index (χ0v) is 7.00. The topological polar surface area (TPSA) is 50.4 Å². The largest absolute Gasteiger partial charge is 0.478 e. The maximum atomic E-state index is 10.5. The summed E-state index contributed by atoms with van der Waals surface area (Å²) in [5, 5.41) is 8.65. The van der Waals surface area contributed by atoms with Crippen LogP contribution < -0.4 is 0 Å². The summed E-state index contributed by atoms with van der Waals surface area (Å²) in [4.78, 5) is 10.5. The van der Waals surface area contributed by atoms with Crippen LogP contribution in [0.5, 0.6) is 0 Å². The highest BCUT2D eigenvalue weighted by Gasteiger charge is 2.08. The quantitative estimate of drug-likeness (QED) is 0.685. The zero-order valence-electron chi connectivity index (χ0n) is 7.00. The fourth-order valence-corrected chi connectivity index (χ4v) is 0.837. The van der Waals surface area contributed by atoms with Gasteiger partial charge in [-0.25, -0.2) is 4.79 Å². The van der Waals surface area contributed by atoms with Gasteiger partial charge in [0.1, 0.15) is 5.76 Å². The molecule has 0 aliphatic heterocycles. The van der Waals surface area contributed by atoms with E-state index in [0.717, 1.165) is 0 Å². The predicted molar refractivity (Wildman–Crippen MR) is 44.6 cm³/mol. The fourth-order valence-electron chi connectivity index (χ4n) is 0.837. The summed E-state index contributed by atoms with van der Waals surface area (Å²) >= 11 is 0. The second-order valence-electron chi connectivity index (χ2n) is 2.53. The normalized spacial score (nSPS) is 12.5. The molecule has 1 heterocycles. The summed E-state index contributed by atoms with van der Waals surface area (Å²) < 4.78 is 5.05. The third kappa shape index (κ3) is 1.56. The SMILES string of the molecule is C/C(C(=O)O)=C(/C)c1ccco1. The van der Waals surface area contributed by atoms with Crippen LogP contribution in [0.1, 0.15) is 19.6 Å². The van der Waals surface area contributed by atoms with Crippen molar-refractivity contribution in [1.82, 2.24) is 0 Å². The Morgan fingerprint density at radius 2 is 2.17 bits per heavy atom. The van der Waals surface area contributed by atoms with E-state index in [2.05, 4.69) is 0 Å².